The van der Waals surface area contributed by atoms with Crippen LogP contribution in [0.5, 0.6) is 0 Å². The highest BCUT2D eigenvalue weighted by Crippen LogP contribution is 2.23. The van der Waals surface area contributed by atoms with E-state index in [1.54, 1.807) is 0 Å². The van der Waals surface area contributed by atoms with Gasteiger partial charge in [0.15, 0.2) is 0 Å². The van der Waals surface area contributed by atoms with Crippen LogP contribution in [0.4, 0.5) is 4.39 Å². The highest BCUT2D eigenvalue weighted by molar-refractivity contribution is 4.84. The number of rotatable bonds is 6. The van der Waals surface area contributed by atoms with Crippen LogP contribution in [0.25, 0.3) is 0 Å². The average molecular weight is 300 g/mol. The molecule has 2 aliphatic rings. The van der Waals surface area contributed by atoms with Gasteiger partial charge in [0.1, 0.15) is 6.17 Å². The zero-order valence-corrected chi connectivity index (χ0v) is 14.1. The predicted octanol–water partition coefficient (Wildman–Crippen LogP) is 2.95. The maximum absolute atomic E-state index is 14.2. The van der Waals surface area contributed by atoms with Crippen LogP contribution in [0, 0.1) is 5.92 Å². The predicted molar refractivity (Wildman–Crippen MR) is 85.4 cm³/mol. The maximum Gasteiger partial charge on any atom is 0.139 e. The molecule has 0 bridgehead atoms. The van der Waals surface area contributed by atoms with Gasteiger partial charge in [0.05, 0.1) is 12.2 Å². The van der Waals surface area contributed by atoms with Gasteiger partial charge in [0.2, 0.25) is 0 Å². The summed E-state index contributed by atoms with van der Waals surface area (Å²) in [7, 11) is 0. The van der Waals surface area contributed by atoms with Crippen molar-refractivity contribution in [3.8, 4) is 0 Å². The smallest absolute Gasteiger partial charge is 0.139 e. The van der Waals surface area contributed by atoms with Gasteiger partial charge in [-0.05, 0) is 65.1 Å². The number of likely N-dealkylation sites (tertiary alicyclic amines) is 2. The number of hydrogen-bond donors (Lipinski definition) is 0. The van der Waals surface area contributed by atoms with Gasteiger partial charge < -0.3 is 9.64 Å². The Hall–Kier alpha value is -0.190. The highest BCUT2D eigenvalue weighted by Gasteiger charge is 2.32. The zero-order valence-electron chi connectivity index (χ0n) is 14.1. The van der Waals surface area contributed by atoms with E-state index in [0.717, 1.165) is 25.4 Å². The Bertz CT molecular complexity index is 293. The summed E-state index contributed by atoms with van der Waals surface area (Å²) >= 11 is 0. The van der Waals surface area contributed by atoms with E-state index >= 15 is 0 Å². The first-order valence-electron chi connectivity index (χ1n) is 8.82. The van der Waals surface area contributed by atoms with Crippen LogP contribution in [0.2, 0.25) is 0 Å². The van der Waals surface area contributed by atoms with Gasteiger partial charge in [-0.15, -0.1) is 0 Å². The molecule has 0 aromatic carbocycles. The molecule has 0 N–H and O–H groups in total. The van der Waals surface area contributed by atoms with Crippen molar-refractivity contribution >= 4 is 0 Å². The lowest BCUT2D eigenvalue weighted by Gasteiger charge is -2.39. The van der Waals surface area contributed by atoms with Crippen LogP contribution in [0.1, 0.15) is 46.5 Å². The fourth-order valence-corrected chi connectivity index (χ4v) is 3.69. The molecule has 0 saturated carbocycles. The number of alkyl halides is 1. The largest absolute Gasteiger partial charge is 0.372 e. The van der Waals surface area contributed by atoms with Gasteiger partial charge in [-0.25, -0.2) is 4.39 Å². The Morgan fingerprint density at radius 3 is 2.33 bits per heavy atom. The van der Waals surface area contributed by atoms with Crippen molar-refractivity contribution in [2.45, 2.75) is 64.8 Å². The zero-order chi connectivity index (χ0) is 15.2. The minimum atomic E-state index is -0.818. The minimum Gasteiger partial charge on any atom is -0.372 e. The van der Waals surface area contributed by atoms with Crippen molar-refractivity contribution in [2.24, 2.45) is 5.92 Å². The lowest BCUT2D eigenvalue weighted by atomic mass is 9.94. The van der Waals surface area contributed by atoms with Gasteiger partial charge in [0.25, 0.3) is 0 Å². The van der Waals surface area contributed by atoms with Crippen LogP contribution in [-0.2, 0) is 4.74 Å². The molecule has 3 nitrogen and oxygen atoms in total. The molecule has 4 heteroatoms. The standard InChI is InChI=1S/C17H33FN2O/c1-4-8-19-9-5-15(6-10-19)12-20-11-7-17(16(18)13-20)21-14(2)3/h14-17H,4-13H2,1-3H3. The first-order chi connectivity index (χ1) is 10.1. The molecule has 2 rings (SSSR count). The molecule has 0 aromatic heterocycles. The molecular weight excluding hydrogens is 267 g/mol. The molecule has 21 heavy (non-hydrogen) atoms. The second-order valence-electron chi connectivity index (χ2n) is 7.07. The summed E-state index contributed by atoms with van der Waals surface area (Å²) < 4.78 is 19.9. The van der Waals surface area contributed by atoms with Crippen molar-refractivity contribution < 1.29 is 9.13 Å². The Kier molecular flexibility index (Phi) is 6.90. The van der Waals surface area contributed by atoms with Gasteiger partial charge >= 0.3 is 0 Å². The lowest BCUT2D eigenvalue weighted by Crippen LogP contribution is -2.48. The van der Waals surface area contributed by atoms with Crippen molar-refractivity contribution in [3.05, 3.63) is 0 Å². The molecular formula is C17H33FN2O. The van der Waals surface area contributed by atoms with E-state index in [4.69, 9.17) is 4.74 Å². The summed E-state index contributed by atoms with van der Waals surface area (Å²) in [5.74, 6) is 0.757. The topological polar surface area (TPSA) is 15.7 Å². The average Bonchev–Trinajstić information content (AvgIpc) is 2.44. The fourth-order valence-electron chi connectivity index (χ4n) is 3.69. The molecule has 2 aliphatic heterocycles. The SMILES string of the molecule is CCCN1CCC(CN2CCC(OC(C)C)C(F)C2)CC1. The van der Waals surface area contributed by atoms with E-state index in [2.05, 4.69) is 16.7 Å². The third kappa shape index (κ3) is 5.50. The Balaban J connectivity index is 1.68. The van der Waals surface area contributed by atoms with E-state index in [-0.39, 0.29) is 12.2 Å². The molecule has 2 heterocycles. The molecule has 0 spiro atoms. The van der Waals surface area contributed by atoms with Gasteiger partial charge in [-0.1, -0.05) is 6.92 Å². The first-order valence-corrected chi connectivity index (χ1v) is 8.82. The third-order valence-electron chi connectivity index (χ3n) is 4.78. The molecule has 124 valence electrons. The van der Waals surface area contributed by atoms with Gasteiger partial charge in [0, 0.05) is 19.6 Å². The highest BCUT2D eigenvalue weighted by atomic mass is 19.1. The summed E-state index contributed by atoms with van der Waals surface area (Å²) in [5.41, 5.74) is 0. The van der Waals surface area contributed by atoms with E-state index in [1.807, 2.05) is 13.8 Å². The number of nitrogens with zero attached hydrogens (tertiary/aromatic N) is 2. The number of halogens is 1. The van der Waals surface area contributed by atoms with Gasteiger partial charge in [-0.3, -0.25) is 4.90 Å². The molecule has 0 amide bonds. The Morgan fingerprint density at radius 2 is 1.76 bits per heavy atom. The quantitative estimate of drug-likeness (QED) is 0.750. The van der Waals surface area contributed by atoms with Gasteiger partial charge in [-0.2, -0.15) is 0 Å². The monoisotopic (exact) mass is 300 g/mol. The Labute approximate surface area is 129 Å². The van der Waals surface area contributed by atoms with Crippen molar-refractivity contribution in [1.29, 1.82) is 0 Å². The Morgan fingerprint density at radius 1 is 1.10 bits per heavy atom. The number of piperidine rings is 2. The molecule has 0 aliphatic carbocycles. The van der Waals surface area contributed by atoms with Crippen LogP contribution in [0.15, 0.2) is 0 Å². The molecule has 2 saturated heterocycles. The molecule has 2 unspecified atom stereocenters. The van der Waals surface area contributed by atoms with Crippen molar-refractivity contribution in [3.63, 3.8) is 0 Å². The maximum atomic E-state index is 14.2. The summed E-state index contributed by atoms with van der Waals surface area (Å²) in [4.78, 5) is 4.89. The lowest BCUT2D eigenvalue weighted by molar-refractivity contribution is -0.0741. The van der Waals surface area contributed by atoms with E-state index in [0.29, 0.717) is 6.54 Å². The summed E-state index contributed by atoms with van der Waals surface area (Å²) in [6.07, 6.45) is 3.77. The van der Waals surface area contributed by atoms with Crippen LogP contribution >= 0.6 is 0 Å². The third-order valence-corrected chi connectivity index (χ3v) is 4.78. The first kappa shape index (κ1) is 17.2. The fraction of sp³-hybridized carbons (Fsp3) is 1.00. The number of hydrogen-bond acceptors (Lipinski definition) is 3. The molecule has 2 fully saturated rings. The van der Waals surface area contributed by atoms with E-state index in [9.17, 15) is 4.39 Å². The molecule has 0 radical (unpaired) electrons. The molecule has 2 atom stereocenters. The van der Waals surface area contributed by atoms with E-state index in [1.165, 1.54) is 38.9 Å². The second kappa shape index (κ2) is 8.44. The van der Waals surface area contributed by atoms with Crippen molar-refractivity contribution in [2.75, 3.05) is 39.3 Å². The van der Waals surface area contributed by atoms with Crippen LogP contribution < -0.4 is 0 Å². The minimum absolute atomic E-state index is 0.127. The van der Waals surface area contributed by atoms with Crippen LogP contribution in [-0.4, -0.2) is 67.4 Å². The van der Waals surface area contributed by atoms with Crippen molar-refractivity contribution in [1.82, 2.24) is 9.80 Å². The number of ether oxygens (including phenoxy) is 1. The summed E-state index contributed by atoms with van der Waals surface area (Å²) in [6, 6.07) is 0. The summed E-state index contributed by atoms with van der Waals surface area (Å²) in [5, 5.41) is 0. The summed E-state index contributed by atoms with van der Waals surface area (Å²) in [6.45, 7) is 12.5. The van der Waals surface area contributed by atoms with E-state index < -0.39 is 6.17 Å². The normalized spacial score (nSPS) is 30.1. The van der Waals surface area contributed by atoms with Crippen LogP contribution in [0.3, 0.4) is 0 Å². The molecule has 0 aromatic rings. The second-order valence-corrected chi connectivity index (χ2v) is 7.07.